The van der Waals surface area contributed by atoms with Crippen LogP contribution in [0.4, 0.5) is 0 Å². The van der Waals surface area contributed by atoms with Crippen molar-refractivity contribution >= 4 is 23.4 Å². The fraction of sp³-hybridized carbons (Fsp3) is 0.421. The van der Waals surface area contributed by atoms with E-state index in [-0.39, 0.29) is 24.3 Å². The maximum absolute atomic E-state index is 12.2. The van der Waals surface area contributed by atoms with Gasteiger partial charge < -0.3 is 14.6 Å². The van der Waals surface area contributed by atoms with Crippen molar-refractivity contribution in [2.75, 3.05) is 19.6 Å². The second kappa shape index (κ2) is 8.36. The molecule has 1 aliphatic rings. The van der Waals surface area contributed by atoms with Gasteiger partial charge in [-0.15, -0.1) is 0 Å². The first kappa shape index (κ1) is 18.5. The maximum atomic E-state index is 12.2. The summed E-state index contributed by atoms with van der Waals surface area (Å²) in [5, 5.41) is 3.26. The van der Waals surface area contributed by atoms with Crippen LogP contribution in [-0.2, 0) is 16.0 Å². The number of aromatic nitrogens is 1. The fourth-order valence-electron chi connectivity index (χ4n) is 3.11. The molecule has 0 saturated carbocycles. The molecule has 1 atom stereocenters. The molecule has 26 heavy (non-hydrogen) atoms. The quantitative estimate of drug-likeness (QED) is 0.871. The average Bonchev–Trinajstić information content (AvgIpc) is 3.10. The molecule has 0 radical (unpaired) electrons. The van der Waals surface area contributed by atoms with Crippen molar-refractivity contribution in [2.24, 2.45) is 0 Å². The number of hydrogen-bond donors (Lipinski definition) is 1. The van der Waals surface area contributed by atoms with E-state index in [0.717, 1.165) is 24.2 Å². The van der Waals surface area contributed by atoms with Gasteiger partial charge in [-0.05, 0) is 30.5 Å². The van der Waals surface area contributed by atoms with Crippen molar-refractivity contribution in [3.63, 3.8) is 0 Å². The Kier molecular flexibility index (Phi) is 5.93. The molecule has 0 aliphatic carbocycles. The number of nitrogens with one attached hydrogen (secondary N) is 1. The van der Waals surface area contributed by atoms with Crippen molar-refractivity contribution in [3.05, 3.63) is 52.7 Å². The van der Waals surface area contributed by atoms with Crippen LogP contribution in [0.3, 0.4) is 0 Å². The lowest BCUT2D eigenvalue weighted by molar-refractivity contribution is -0.133. The Morgan fingerprint density at radius 2 is 2.12 bits per heavy atom. The normalized spacial score (nSPS) is 17.2. The number of piperidine rings is 1. The Morgan fingerprint density at radius 3 is 2.85 bits per heavy atom. The summed E-state index contributed by atoms with van der Waals surface area (Å²) < 4.78 is 5.93. The molecular weight excluding hydrogens is 354 g/mol. The first-order valence-electron chi connectivity index (χ1n) is 8.72. The third-order valence-electron chi connectivity index (χ3n) is 4.47. The van der Waals surface area contributed by atoms with Gasteiger partial charge in [0.05, 0.1) is 18.7 Å². The SMILES string of the molecule is CC(=O)NCC(=O)N1CCC[C@H](c2ncc(Cc3ccc(Cl)cc3)o2)C1. The molecular formula is C19H22ClN3O3. The molecule has 1 N–H and O–H groups in total. The van der Waals surface area contributed by atoms with E-state index in [4.69, 9.17) is 16.0 Å². The molecule has 2 heterocycles. The number of oxazole rings is 1. The molecule has 1 aliphatic heterocycles. The summed E-state index contributed by atoms with van der Waals surface area (Å²) in [5.74, 6) is 1.28. The highest BCUT2D eigenvalue weighted by molar-refractivity contribution is 6.30. The fourth-order valence-corrected chi connectivity index (χ4v) is 3.24. The number of benzene rings is 1. The van der Waals surface area contributed by atoms with E-state index in [1.54, 1.807) is 11.1 Å². The summed E-state index contributed by atoms with van der Waals surface area (Å²) in [7, 11) is 0. The molecule has 0 unspecified atom stereocenters. The molecule has 1 fully saturated rings. The number of carbonyl (C=O) groups excluding carboxylic acids is 2. The molecule has 1 aromatic heterocycles. The maximum Gasteiger partial charge on any atom is 0.241 e. The van der Waals surface area contributed by atoms with Crippen LogP contribution in [0.15, 0.2) is 34.9 Å². The average molecular weight is 376 g/mol. The van der Waals surface area contributed by atoms with Crippen LogP contribution >= 0.6 is 11.6 Å². The van der Waals surface area contributed by atoms with E-state index < -0.39 is 0 Å². The number of amides is 2. The summed E-state index contributed by atoms with van der Waals surface area (Å²) in [5.41, 5.74) is 1.10. The molecule has 1 saturated heterocycles. The Labute approximate surface area is 157 Å². The highest BCUT2D eigenvalue weighted by Gasteiger charge is 2.27. The topological polar surface area (TPSA) is 75.4 Å². The van der Waals surface area contributed by atoms with Crippen LogP contribution in [0.5, 0.6) is 0 Å². The van der Waals surface area contributed by atoms with Gasteiger partial charge in [-0.25, -0.2) is 4.98 Å². The highest BCUT2D eigenvalue weighted by atomic mass is 35.5. The molecule has 2 aromatic rings. The number of nitrogens with zero attached hydrogens (tertiary/aromatic N) is 2. The summed E-state index contributed by atoms with van der Waals surface area (Å²) in [6.45, 7) is 2.71. The van der Waals surface area contributed by atoms with Crippen LogP contribution in [0, 0.1) is 0 Å². The second-order valence-electron chi connectivity index (χ2n) is 6.56. The van der Waals surface area contributed by atoms with Crippen molar-refractivity contribution in [1.82, 2.24) is 15.2 Å². The zero-order chi connectivity index (χ0) is 18.5. The minimum atomic E-state index is -0.202. The van der Waals surface area contributed by atoms with E-state index in [9.17, 15) is 9.59 Å². The minimum absolute atomic E-state index is 0.0372. The van der Waals surface area contributed by atoms with Gasteiger partial charge in [0.15, 0.2) is 5.89 Å². The van der Waals surface area contributed by atoms with E-state index in [2.05, 4.69) is 10.3 Å². The second-order valence-corrected chi connectivity index (χ2v) is 6.99. The number of halogens is 1. The van der Waals surface area contributed by atoms with Gasteiger partial charge in [-0.3, -0.25) is 9.59 Å². The molecule has 3 rings (SSSR count). The summed E-state index contributed by atoms with van der Waals surface area (Å²) in [4.78, 5) is 29.4. The van der Waals surface area contributed by atoms with Gasteiger partial charge in [0.2, 0.25) is 11.8 Å². The van der Waals surface area contributed by atoms with Crippen molar-refractivity contribution in [1.29, 1.82) is 0 Å². The van der Waals surface area contributed by atoms with Gasteiger partial charge in [0.1, 0.15) is 5.76 Å². The Bertz CT molecular complexity index is 773. The van der Waals surface area contributed by atoms with E-state index in [1.807, 2.05) is 24.3 Å². The molecule has 7 heteroatoms. The minimum Gasteiger partial charge on any atom is -0.445 e. The van der Waals surface area contributed by atoms with Gasteiger partial charge in [-0.2, -0.15) is 0 Å². The third kappa shape index (κ3) is 4.85. The number of carbonyl (C=O) groups is 2. The van der Waals surface area contributed by atoms with Gasteiger partial charge in [-0.1, -0.05) is 23.7 Å². The lowest BCUT2D eigenvalue weighted by Gasteiger charge is -2.31. The van der Waals surface area contributed by atoms with Crippen molar-refractivity contribution in [2.45, 2.75) is 32.1 Å². The van der Waals surface area contributed by atoms with Crippen LogP contribution in [0.2, 0.25) is 5.02 Å². The van der Waals surface area contributed by atoms with E-state index >= 15 is 0 Å². The number of hydrogen-bond acceptors (Lipinski definition) is 4. The van der Waals surface area contributed by atoms with E-state index in [0.29, 0.717) is 30.4 Å². The van der Waals surface area contributed by atoms with Gasteiger partial charge in [0, 0.05) is 31.5 Å². The van der Waals surface area contributed by atoms with Crippen LogP contribution < -0.4 is 5.32 Å². The number of likely N-dealkylation sites (tertiary alicyclic amines) is 1. The van der Waals surface area contributed by atoms with Gasteiger partial charge in [0.25, 0.3) is 0 Å². The van der Waals surface area contributed by atoms with Crippen molar-refractivity contribution < 1.29 is 14.0 Å². The molecule has 138 valence electrons. The first-order chi connectivity index (χ1) is 12.5. The monoisotopic (exact) mass is 375 g/mol. The largest absolute Gasteiger partial charge is 0.445 e. The van der Waals surface area contributed by atoms with Crippen molar-refractivity contribution in [3.8, 4) is 0 Å². The van der Waals surface area contributed by atoms with Gasteiger partial charge >= 0.3 is 0 Å². The van der Waals surface area contributed by atoms with E-state index in [1.165, 1.54) is 6.92 Å². The third-order valence-corrected chi connectivity index (χ3v) is 4.73. The number of rotatable bonds is 5. The summed E-state index contributed by atoms with van der Waals surface area (Å²) >= 11 is 5.91. The predicted molar refractivity (Wildman–Crippen MR) is 98.0 cm³/mol. The lowest BCUT2D eigenvalue weighted by atomic mass is 9.98. The standard InChI is InChI=1S/C19H22ClN3O3/c1-13(24)21-11-18(25)23-8-2-3-15(12-23)19-22-10-17(26-19)9-14-4-6-16(20)7-5-14/h4-7,10,15H,2-3,8-9,11-12H2,1H3,(H,21,24)/t15-/m0/s1. The van der Waals surface area contributed by atoms with Crippen LogP contribution in [0.1, 0.15) is 42.9 Å². The lowest BCUT2D eigenvalue weighted by Crippen LogP contribution is -2.44. The summed E-state index contributed by atoms with van der Waals surface area (Å²) in [6, 6.07) is 7.64. The summed E-state index contributed by atoms with van der Waals surface area (Å²) in [6.07, 6.45) is 4.24. The first-order valence-corrected chi connectivity index (χ1v) is 9.10. The predicted octanol–water partition coefficient (Wildman–Crippen LogP) is 2.76. The Morgan fingerprint density at radius 1 is 1.35 bits per heavy atom. The zero-order valence-electron chi connectivity index (χ0n) is 14.7. The Balaban J connectivity index is 1.60. The zero-order valence-corrected chi connectivity index (χ0v) is 15.5. The highest BCUT2D eigenvalue weighted by Crippen LogP contribution is 2.27. The molecule has 1 aromatic carbocycles. The molecule has 2 amide bonds. The van der Waals surface area contributed by atoms with Crippen LogP contribution in [0.25, 0.3) is 0 Å². The molecule has 0 spiro atoms. The molecule has 0 bridgehead atoms. The Hall–Kier alpha value is -2.34. The smallest absolute Gasteiger partial charge is 0.241 e. The molecule has 6 nitrogen and oxygen atoms in total. The van der Waals surface area contributed by atoms with Crippen LogP contribution in [-0.4, -0.2) is 41.3 Å².